The van der Waals surface area contributed by atoms with Gasteiger partial charge < -0.3 is 15.1 Å². The molecule has 29 heavy (non-hydrogen) atoms. The van der Waals surface area contributed by atoms with Crippen molar-refractivity contribution in [1.82, 2.24) is 4.90 Å². The molecular weight excluding hydrogens is 362 g/mol. The average Bonchev–Trinajstić information content (AvgIpc) is 3.17. The van der Waals surface area contributed by atoms with Crippen LogP contribution in [0.2, 0.25) is 0 Å². The van der Waals surface area contributed by atoms with Gasteiger partial charge in [0.1, 0.15) is 0 Å². The van der Waals surface area contributed by atoms with Gasteiger partial charge in [-0.1, -0.05) is 37.6 Å². The van der Waals surface area contributed by atoms with E-state index in [9.17, 15) is 15.0 Å². The second-order valence-corrected chi connectivity index (χ2v) is 9.65. The number of fused-ring (bicyclic) bond motifs is 1. The average molecular weight is 402 g/mol. The van der Waals surface area contributed by atoms with Crippen LogP contribution < -0.4 is 0 Å². The molecule has 0 aliphatic heterocycles. The maximum absolute atomic E-state index is 11.7. The first-order chi connectivity index (χ1) is 13.7. The number of hydrogen-bond donors (Lipinski definition) is 2. The highest BCUT2D eigenvalue weighted by Gasteiger charge is 2.43. The SMILES string of the molecule is CC#CCC(C)(C)[C@@H](O)/C=C/[C@@H]1[C@H]2CC(CCCCC(=O)N(C)C)=C[C@H]2C[C@H]1O. The van der Waals surface area contributed by atoms with E-state index in [1.54, 1.807) is 19.0 Å². The van der Waals surface area contributed by atoms with Crippen LogP contribution >= 0.6 is 0 Å². The van der Waals surface area contributed by atoms with E-state index in [0.717, 1.165) is 32.1 Å². The highest BCUT2D eigenvalue weighted by Crippen LogP contribution is 2.48. The Morgan fingerprint density at radius 2 is 2.10 bits per heavy atom. The molecule has 2 N–H and O–H groups in total. The molecule has 0 heterocycles. The summed E-state index contributed by atoms with van der Waals surface area (Å²) in [6.45, 7) is 5.87. The maximum Gasteiger partial charge on any atom is 0.222 e. The van der Waals surface area contributed by atoms with Gasteiger partial charge in [-0.25, -0.2) is 0 Å². The van der Waals surface area contributed by atoms with Gasteiger partial charge in [0.05, 0.1) is 12.2 Å². The van der Waals surface area contributed by atoms with Crippen LogP contribution in [0.4, 0.5) is 0 Å². The maximum atomic E-state index is 11.7. The van der Waals surface area contributed by atoms with Gasteiger partial charge >= 0.3 is 0 Å². The minimum absolute atomic E-state index is 0.103. The van der Waals surface area contributed by atoms with Crippen molar-refractivity contribution < 1.29 is 15.0 Å². The van der Waals surface area contributed by atoms with Crippen LogP contribution in [-0.4, -0.2) is 47.3 Å². The van der Waals surface area contributed by atoms with Gasteiger partial charge in [0.15, 0.2) is 0 Å². The van der Waals surface area contributed by atoms with Crippen molar-refractivity contribution in [2.24, 2.45) is 23.2 Å². The zero-order valence-electron chi connectivity index (χ0n) is 18.8. The molecule has 1 fully saturated rings. The predicted octanol–water partition coefficient (Wildman–Crippen LogP) is 3.94. The molecular formula is C25H39NO3. The summed E-state index contributed by atoms with van der Waals surface area (Å²) in [5.74, 6) is 7.13. The number of aliphatic hydroxyl groups excluding tert-OH is 2. The van der Waals surface area contributed by atoms with Crippen LogP contribution in [0, 0.1) is 35.0 Å². The highest BCUT2D eigenvalue weighted by atomic mass is 16.3. The lowest BCUT2D eigenvalue weighted by molar-refractivity contribution is -0.128. The summed E-state index contributed by atoms with van der Waals surface area (Å²) in [7, 11) is 3.61. The predicted molar refractivity (Wildman–Crippen MR) is 118 cm³/mol. The molecule has 0 radical (unpaired) electrons. The Labute approximate surface area is 177 Å². The molecule has 0 aromatic rings. The molecule has 5 atom stereocenters. The molecule has 1 saturated carbocycles. The minimum atomic E-state index is -0.572. The van der Waals surface area contributed by atoms with Crippen molar-refractivity contribution in [2.45, 2.75) is 77.9 Å². The molecule has 0 spiro atoms. The van der Waals surface area contributed by atoms with Gasteiger partial charge in [0.2, 0.25) is 5.91 Å². The van der Waals surface area contributed by atoms with Crippen LogP contribution in [0.3, 0.4) is 0 Å². The van der Waals surface area contributed by atoms with Crippen LogP contribution in [0.15, 0.2) is 23.8 Å². The van der Waals surface area contributed by atoms with Gasteiger partial charge in [-0.3, -0.25) is 4.79 Å². The van der Waals surface area contributed by atoms with E-state index in [4.69, 9.17) is 0 Å². The Morgan fingerprint density at radius 1 is 1.38 bits per heavy atom. The number of rotatable bonds is 9. The molecule has 0 aromatic heterocycles. The molecule has 2 aliphatic rings. The summed E-state index contributed by atoms with van der Waals surface area (Å²) in [5, 5.41) is 21.1. The minimum Gasteiger partial charge on any atom is -0.392 e. The van der Waals surface area contributed by atoms with Crippen molar-refractivity contribution >= 4 is 5.91 Å². The Morgan fingerprint density at radius 3 is 2.76 bits per heavy atom. The lowest BCUT2D eigenvalue weighted by Crippen LogP contribution is -2.27. The van der Waals surface area contributed by atoms with Crippen LogP contribution in [0.1, 0.15) is 65.7 Å². The smallest absolute Gasteiger partial charge is 0.222 e. The Balaban J connectivity index is 1.86. The molecule has 4 nitrogen and oxygen atoms in total. The van der Waals surface area contributed by atoms with Crippen molar-refractivity contribution in [1.29, 1.82) is 0 Å². The van der Waals surface area contributed by atoms with E-state index in [1.807, 2.05) is 32.9 Å². The molecule has 2 rings (SSSR count). The third kappa shape index (κ3) is 6.46. The van der Waals surface area contributed by atoms with Crippen LogP contribution in [0.5, 0.6) is 0 Å². The molecule has 0 saturated heterocycles. The Bertz CT molecular complexity index is 680. The zero-order chi connectivity index (χ0) is 21.6. The molecule has 0 aromatic carbocycles. The summed E-state index contributed by atoms with van der Waals surface area (Å²) in [4.78, 5) is 13.3. The van der Waals surface area contributed by atoms with Crippen molar-refractivity contribution in [3.05, 3.63) is 23.8 Å². The number of aliphatic hydroxyl groups is 2. The molecule has 2 aliphatic carbocycles. The van der Waals surface area contributed by atoms with E-state index in [-0.39, 0.29) is 23.3 Å². The Kier molecular flexibility index (Phi) is 8.55. The fraction of sp³-hybridized carbons (Fsp3) is 0.720. The number of nitrogens with zero attached hydrogens (tertiary/aromatic N) is 1. The largest absolute Gasteiger partial charge is 0.392 e. The van der Waals surface area contributed by atoms with E-state index < -0.39 is 6.10 Å². The van der Waals surface area contributed by atoms with Crippen LogP contribution in [0.25, 0.3) is 0 Å². The van der Waals surface area contributed by atoms with Gasteiger partial charge in [-0.15, -0.1) is 11.8 Å². The fourth-order valence-electron chi connectivity index (χ4n) is 4.56. The van der Waals surface area contributed by atoms with E-state index >= 15 is 0 Å². The van der Waals surface area contributed by atoms with Gasteiger partial charge in [-0.05, 0) is 50.9 Å². The summed E-state index contributed by atoms with van der Waals surface area (Å²) in [5.41, 5.74) is 1.17. The third-order valence-corrected chi connectivity index (χ3v) is 6.62. The molecule has 4 heteroatoms. The van der Waals surface area contributed by atoms with Crippen molar-refractivity contribution in [3.8, 4) is 11.8 Å². The number of carbonyl (C=O) groups is 1. The molecule has 0 bridgehead atoms. The monoisotopic (exact) mass is 401 g/mol. The fourth-order valence-corrected chi connectivity index (χ4v) is 4.56. The van der Waals surface area contributed by atoms with Crippen LogP contribution in [-0.2, 0) is 4.79 Å². The quantitative estimate of drug-likeness (QED) is 0.350. The number of allylic oxidation sites excluding steroid dienone is 2. The van der Waals surface area contributed by atoms with Gasteiger partial charge in [0.25, 0.3) is 0 Å². The Hall–Kier alpha value is -1.57. The second kappa shape index (κ2) is 10.5. The number of unbranched alkanes of at least 4 members (excludes halogenated alkanes) is 1. The van der Waals surface area contributed by atoms with E-state index in [2.05, 4.69) is 17.9 Å². The lowest BCUT2D eigenvalue weighted by atomic mass is 9.81. The van der Waals surface area contributed by atoms with Gasteiger partial charge in [0, 0.05) is 38.3 Å². The normalized spacial score (nSPS) is 27.3. The topological polar surface area (TPSA) is 60.8 Å². The summed E-state index contributed by atoms with van der Waals surface area (Å²) in [6.07, 6.45) is 11.5. The lowest BCUT2D eigenvalue weighted by Gasteiger charge is -2.27. The summed E-state index contributed by atoms with van der Waals surface area (Å²) >= 11 is 0. The first-order valence-electron chi connectivity index (χ1n) is 11.0. The van der Waals surface area contributed by atoms with Gasteiger partial charge in [-0.2, -0.15) is 0 Å². The standard InChI is InChI=1S/C25H39NO3/c1-6-7-14-25(2,3)23(28)13-12-20-21-16-18(15-19(21)17-22(20)27)10-8-9-11-24(29)26(4)5/h12-13,15,19-23,27-28H,8-11,14,16-17H2,1-5H3/b13-12+/t19-,20+,21-,22+,23-/m0/s1. The summed E-state index contributed by atoms with van der Waals surface area (Å²) < 4.78 is 0. The number of carbonyl (C=O) groups excluding carboxylic acids is 1. The van der Waals surface area contributed by atoms with Crippen molar-refractivity contribution in [2.75, 3.05) is 14.1 Å². The molecule has 162 valence electrons. The third-order valence-electron chi connectivity index (χ3n) is 6.62. The van der Waals surface area contributed by atoms with E-state index in [1.165, 1.54) is 5.57 Å². The second-order valence-electron chi connectivity index (χ2n) is 9.65. The number of hydrogen-bond acceptors (Lipinski definition) is 3. The number of amides is 1. The van der Waals surface area contributed by atoms with Crippen molar-refractivity contribution in [3.63, 3.8) is 0 Å². The van der Waals surface area contributed by atoms with E-state index in [0.29, 0.717) is 24.7 Å². The first-order valence-corrected chi connectivity index (χ1v) is 11.0. The molecule has 1 amide bonds. The zero-order valence-corrected chi connectivity index (χ0v) is 18.8. The first kappa shape index (κ1) is 23.7. The molecule has 0 unspecified atom stereocenters. The highest BCUT2D eigenvalue weighted by molar-refractivity contribution is 5.75. The summed E-state index contributed by atoms with van der Waals surface area (Å²) in [6, 6.07) is 0.